The van der Waals surface area contributed by atoms with E-state index >= 15 is 0 Å². The summed E-state index contributed by atoms with van der Waals surface area (Å²) in [7, 11) is 0. The zero-order valence-corrected chi connectivity index (χ0v) is 12.8. The number of aliphatic imine (C=N–C) groups is 1. The van der Waals surface area contributed by atoms with Gasteiger partial charge in [0.15, 0.2) is 5.76 Å². The van der Waals surface area contributed by atoms with Crippen LogP contribution < -0.4 is 0 Å². The smallest absolute Gasteiger partial charge is 0.165 e. The standard InChI is InChI=1S/C17H12N2O.C2H6/c1-2-6-12(7-3-1)17-14-9-5-4-8-13(14)15-10-19-20-16(15)11-18-17;1-2/h1-10H,11H2;1-2H3. The summed E-state index contributed by atoms with van der Waals surface area (Å²) in [4.78, 5) is 4.73. The Balaban J connectivity index is 0.000000693. The third-order valence-electron chi connectivity index (χ3n) is 3.55. The summed E-state index contributed by atoms with van der Waals surface area (Å²) in [6.45, 7) is 4.52. The van der Waals surface area contributed by atoms with Gasteiger partial charge in [0.25, 0.3) is 0 Å². The van der Waals surface area contributed by atoms with Gasteiger partial charge in [-0.05, 0) is 5.56 Å². The molecule has 22 heavy (non-hydrogen) atoms. The second-order valence-corrected chi connectivity index (χ2v) is 4.74. The molecule has 0 radical (unpaired) electrons. The highest BCUT2D eigenvalue weighted by Gasteiger charge is 2.20. The van der Waals surface area contributed by atoms with Crippen molar-refractivity contribution in [3.63, 3.8) is 0 Å². The highest BCUT2D eigenvalue weighted by Crippen LogP contribution is 2.32. The lowest BCUT2D eigenvalue weighted by Crippen LogP contribution is -2.04. The van der Waals surface area contributed by atoms with Crippen LogP contribution in [0.3, 0.4) is 0 Å². The molecule has 0 bridgehead atoms. The van der Waals surface area contributed by atoms with Gasteiger partial charge < -0.3 is 4.52 Å². The lowest BCUT2D eigenvalue weighted by molar-refractivity contribution is 0.386. The van der Waals surface area contributed by atoms with Crippen LogP contribution in [0.25, 0.3) is 11.1 Å². The van der Waals surface area contributed by atoms with Gasteiger partial charge in [-0.1, -0.05) is 73.6 Å². The SMILES string of the molecule is CC.c1ccc(C2=NCc3oncc3-c3ccccc32)cc1. The van der Waals surface area contributed by atoms with Crippen LogP contribution in [0, 0.1) is 0 Å². The maximum Gasteiger partial charge on any atom is 0.165 e. The molecule has 0 N–H and O–H groups in total. The molecule has 2 aromatic carbocycles. The number of rotatable bonds is 1. The van der Waals surface area contributed by atoms with E-state index in [4.69, 9.17) is 9.52 Å². The van der Waals surface area contributed by atoms with Crippen molar-refractivity contribution in [2.75, 3.05) is 0 Å². The van der Waals surface area contributed by atoms with Gasteiger partial charge in [-0.3, -0.25) is 4.99 Å². The normalized spacial score (nSPS) is 12.2. The zero-order valence-electron chi connectivity index (χ0n) is 12.8. The molecule has 0 fully saturated rings. The molecule has 1 aliphatic rings. The summed E-state index contributed by atoms with van der Waals surface area (Å²) in [5, 5.41) is 3.90. The Morgan fingerprint density at radius 2 is 1.50 bits per heavy atom. The maximum atomic E-state index is 5.32. The fraction of sp³-hybridized carbons (Fsp3) is 0.158. The molecule has 3 nitrogen and oxygen atoms in total. The Bertz CT molecular complexity index is 788. The molecule has 4 rings (SSSR count). The second-order valence-electron chi connectivity index (χ2n) is 4.74. The van der Waals surface area contributed by atoms with Crippen molar-refractivity contribution in [3.05, 3.63) is 77.7 Å². The minimum absolute atomic E-state index is 0.522. The van der Waals surface area contributed by atoms with Crippen LogP contribution in [0.1, 0.15) is 30.7 Å². The van der Waals surface area contributed by atoms with E-state index in [0.717, 1.165) is 33.7 Å². The van der Waals surface area contributed by atoms with Gasteiger partial charge in [0, 0.05) is 16.7 Å². The van der Waals surface area contributed by atoms with Gasteiger partial charge in [-0.2, -0.15) is 0 Å². The number of fused-ring (bicyclic) bond motifs is 3. The Kier molecular flexibility index (Phi) is 4.15. The predicted octanol–water partition coefficient (Wildman–Crippen LogP) is 4.72. The molecule has 0 aliphatic carbocycles. The number of aromatic nitrogens is 1. The number of hydrogen-bond donors (Lipinski definition) is 0. The van der Waals surface area contributed by atoms with Crippen molar-refractivity contribution in [2.45, 2.75) is 20.4 Å². The van der Waals surface area contributed by atoms with Gasteiger partial charge in [-0.25, -0.2) is 0 Å². The van der Waals surface area contributed by atoms with Crippen LogP contribution in [0.2, 0.25) is 0 Å². The van der Waals surface area contributed by atoms with Crippen LogP contribution >= 0.6 is 0 Å². The van der Waals surface area contributed by atoms with Crippen LogP contribution in [0.15, 0.2) is 70.3 Å². The van der Waals surface area contributed by atoms with E-state index in [1.807, 2.05) is 44.2 Å². The molecule has 110 valence electrons. The van der Waals surface area contributed by atoms with Gasteiger partial charge >= 0.3 is 0 Å². The zero-order chi connectivity index (χ0) is 15.4. The second kappa shape index (κ2) is 6.39. The summed E-state index contributed by atoms with van der Waals surface area (Å²) in [5.74, 6) is 0.823. The van der Waals surface area contributed by atoms with E-state index in [2.05, 4.69) is 29.4 Å². The Hall–Kier alpha value is -2.68. The summed E-state index contributed by atoms with van der Waals surface area (Å²) in [6, 6.07) is 18.5. The molecule has 0 unspecified atom stereocenters. The highest BCUT2D eigenvalue weighted by atomic mass is 16.5. The third-order valence-corrected chi connectivity index (χ3v) is 3.55. The highest BCUT2D eigenvalue weighted by molar-refractivity contribution is 6.16. The first-order chi connectivity index (χ1) is 10.9. The largest absolute Gasteiger partial charge is 0.359 e. The van der Waals surface area contributed by atoms with Crippen molar-refractivity contribution in [2.24, 2.45) is 4.99 Å². The van der Waals surface area contributed by atoms with Crippen molar-refractivity contribution < 1.29 is 4.52 Å². The summed E-state index contributed by atoms with van der Waals surface area (Å²) in [6.07, 6.45) is 1.78. The van der Waals surface area contributed by atoms with Crippen molar-refractivity contribution in [3.8, 4) is 11.1 Å². The summed E-state index contributed by atoms with van der Waals surface area (Å²) in [5.41, 5.74) is 5.42. The maximum absolute atomic E-state index is 5.32. The van der Waals surface area contributed by atoms with Crippen LogP contribution in [-0.2, 0) is 6.54 Å². The minimum atomic E-state index is 0.522. The topological polar surface area (TPSA) is 38.4 Å². The predicted molar refractivity (Wildman–Crippen MR) is 89.1 cm³/mol. The average Bonchev–Trinajstić information content (AvgIpc) is 3.01. The van der Waals surface area contributed by atoms with Crippen LogP contribution in [-0.4, -0.2) is 10.9 Å². The summed E-state index contributed by atoms with van der Waals surface area (Å²) < 4.78 is 5.32. The first-order valence-corrected chi connectivity index (χ1v) is 7.56. The molecule has 3 aromatic rings. The Morgan fingerprint density at radius 3 is 2.27 bits per heavy atom. The van der Waals surface area contributed by atoms with Gasteiger partial charge in [0.2, 0.25) is 0 Å². The lowest BCUT2D eigenvalue weighted by Gasteiger charge is -2.09. The van der Waals surface area contributed by atoms with Crippen molar-refractivity contribution in [1.29, 1.82) is 0 Å². The minimum Gasteiger partial charge on any atom is -0.359 e. The quantitative estimate of drug-likeness (QED) is 0.650. The fourth-order valence-corrected chi connectivity index (χ4v) is 2.60. The number of hydrogen-bond acceptors (Lipinski definition) is 3. The molecule has 1 aromatic heterocycles. The van der Waals surface area contributed by atoms with E-state index in [0.29, 0.717) is 6.54 Å². The van der Waals surface area contributed by atoms with Gasteiger partial charge in [0.1, 0.15) is 6.54 Å². The molecule has 1 aliphatic heterocycles. The van der Waals surface area contributed by atoms with Gasteiger partial charge in [0.05, 0.1) is 11.9 Å². The Labute approximate surface area is 130 Å². The van der Waals surface area contributed by atoms with Crippen LogP contribution in [0.5, 0.6) is 0 Å². The van der Waals surface area contributed by atoms with E-state index in [9.17, 15) is 0 Å². The molecule has 0 spiro atoms. The molecule has 3 heteroatoms. The van der Waals surface area contributed by atoms with Gasteiger partial charge in [-0.15, -0.1) is 0 Å². The molecule has 0 saturated carbocycles. The summed E-state index contributed by atoms with van der Waals surface area (Å²) >= 11 is 0. The van der Waals surface area contributed by atoms with E-state index in [1.54, 1.807) is 6.20 Å². The van der Waals surface area contributed by atoms with E-state index in [1.165, 1.54) is 0 Å². The first-order valence-electron chi connectivity index (χ1n) is 7.56. The van der Waals surface area contributed by atoms with Crippen LogP contribution in [0.4, 0.5) is 0 Å². The molecular formula is C19H18N2O. The fourth-order valence-electron chi connectivity index (χ4n) is 2.60. The average molecular weight is 290 g/mol. The molecule has 0 amide bonds. The number of benzene rings is 2. The van der Waals surface area contributed by atoms with E-state index < -0.39 is 0 Å². The Morgan fingerprint density at radius 1 is 0.818 bits per heavy atom. The van der Waals surface area contributed by atoms with E-state index in [-0.39, 0.29) is 0 Å². The molecular weight excluding hydrogens is 272 g/mol. The third kappa shape index (κ3) is 2.46. The number of nitrogens with zero attached hydrogens (tertiary/aromatic N) is 2. The lowest BCUT2D eigenvalue weighted by atomic mass is 9.95. The van der Waals surface area contributed by atoms with Crippen molar-refractivity contribution >= 4 is 5.71 Å². The molecule has 0 atom stereocenters. The van der Waals surface area contributed by atoms with Crippen molar-refractivity contribution in [1.82, 2.24) is 5.16 Å². The molecule has 2 heterocycles. The molecule has 0 saturated heterocycles. The monoisotopic (exact) mass is 290 g/mol. The first kappa shape index (κ1) is 14.3.